The molecular weight excluding hydrogens is 479 g/mol. The van der Waals surface area contributed by atoms with Crippen LogP contribution in [0.2, 0.25) is 0 Å². The SMILES string of the molecule is O=NO.O=NO.O=S(=O)(O)O.O=S(=O)(O)O.[H+].[H+].[Pt]. The molecule has 0 rings (SSSR count). The summed E-state index contributed by atoms with van der Waals surface area (Å²) in [5.74, 6) is 0. The van der Waals surface area contributed by atoms with Gasteiger partial charge in [0.15, 0.2) is 10.7 Å². The summed E-state index contributed by atoms with van der Waals surface area (Å²) in [6.07, 6.45) is 0. The van der Waals surface area contributed by atoms with E-state index in [0.717, 1.165) is 0 Å². The molecule has 17 heavy (non-hydrogen) atoms. The van der Waals surface area contributed by atoms with Crippen LogP contribution in [0, 0.1) is 9.81 Å². The summed E-state index contributed by atoms with van der Waals surface area (Å²) in [7, 11) is -9.33. The molecule has 0 aliphatic heterocycles. The van der Waals surface area contributed by atoms with Crippen LogP contribution in [0.25, 0.3) is 0 Å². The molecule has 0 spiro atoms. The number of nitrogens with zero attached hydrogens (tertiary/aromatic N) is 2. The fourth-order valence-corrected chi connectivity index (χ4v) is 0. The molecule has 0 aromatic carbocycles. The van der Waals surface area contributed by atoms with Crippen LogP contribution in [-0.4, -0.2) is 45.5 Å². The number of hydrogen-bond acceptors (Lipinski definition) is 8. The molecule has 0 fully saturated rings. The molecule has 0 unspecified atom stereocenters. The topological polar surface area (TPSA) is 249 Å². The average molecular weight is 487 g/mol. The molecule has 0 aliphatic rings. The van der Waals surface area contributed by atoms with Crippen LogP contribution < -0.4 is 0 Å². The fraction of sp³-hybridized carbons (Fsp3) is 0. The van der Waals surface area contributed by atoms with E-state index in [1.54, 1.807) is 0 Å². The normalized spacial score (nSPS) is 8.24. The number of rotatable bonds is 0. The van der Waals surface area contributed by atoms with Gasteiger partial charge < -0.3 is 10.4 Å². The zero-order valence-corrected chi connectivity index (χ0v) is 11.1. The molecule has 0 atom stereocenters. The monoisotopic (exact) mass is 487 g/mol. The Kier molecular flexibility index (Phi) is 30.9. The first kappa shape index (κ1) is 29.9. The third-order valence-corrected chi connectivity index (χ3v) is 0. The van der Waals surface area contributed by atoms with Gasteiger partial charge in [-0.2, -0.15) is 16.8 Å². The van der Waals surface area contributed by atoms with E-state index in [1.165, 1.54) is 10.7 Å². The molecule has 0 amide bonds. The zero-order chi connectivity index (χ0) is 14.4. The maximum atomic E-state index is 8.74. The van der Waals surface area contributed by atoms with E-state index in [2.05, 4.69) is 0 Å². The molecule has 0 heterocycles. The second kappa shape index (κ2) is 17.6. The molecule has 0 bridgehead atoms. The van der Waals surface area contributed by atoms with Crippen LogP contribution in [0.4, 0.5) is 0 Å². The molecule has 0 aromatic rings. The van der Waals surface area contributed by atoms with E-state index in [9.17, 15) is 0 Å². The molecular formula is H8N2O12PtS2+2. The zero-order valence-electron chi connectivity index (χ0n) is 9.16. The number of hydrogen-bond donors (Lipinski definition) is 6. The largest absolute Gasteiger partial charge is 1.00 e. The molecule has 0 radical (unpaired) electrons. The van der Waals surface area contributed by atoms with Crippen LogP contribution in [0.3, 0.4) is 0 Å². The van der Waals surface area contributed by atoms with Gasteiger partial charge in [-0.15, -0.1) is 9.81 Å². The Balaban J connectivity index is -0.0000000197. The Bertz CT molecular complexity index is 296. The second-order valence-electron chi connectivity index (χ2n) is 1.06. The van der Waals surface area contributed by atoms with Crippen molar-refractivity contribution in [3.05, 3.63) is 9.81 Å². The van der Waals surface area contributed by atoms with Crippen molar-refractivity contribution in [3.63, 3.8) is 0 Å². The molecule has 0 saturated heterocycles. The second-order valence-corrected chi connectivity index (χ2v) is 2.85. The van der Waals surface area contributed by atoms with E-state index in [-0.39, 0.29) is 23.9 Å². The summed E-state index contributed by atoms with van der Waals surface area (Å²) in [5.41, 5.74) is 0. The Morgan fingerprint density at radius 1 is 0.706 bits per heavy atom. The van der Waals surface area contributed by atoms with Gasteiger partial charge in [0.2, 0.25) is 0 Å². The molecule has 0 aliphatic carbocycles. The average Bonchev–Trinajstić information content (AvgIpc) is 1.79. The van der Waals surface area contributed by atoms with Gasteiger partial charge in [-0.25, -0.2) is 0 Å². The van der Waals surface area contributed by atoms with E-state index in [0.29, 0.717) is 0 Å². The van der Waals surface area contributed by atoms with E-state index < -0.39 is 20.8 Å². The Labute approximate surface area is 111 Å². The van der Waals surface area contributed by atoms with Crippen LogP contribution in [0.1, 0.15) is 2.85 Å². The predicted octanol–water partition coefficient (Wildman–Crippen LogP) is -0.799. The van der Waals surface area contributed by atoms with Crippen molar-refractivity contribution in [2.75, 3.05) is 0 Å². The summed E-state index contributed by atoms with van der Waals surface area (Å²) in [4.78, 5) is 16.2. The smallest absolute Gasteiger partial charge is 0.379 e. The minimum Gasteiger partial charge on any atom is -0.379 e. The van der Waals surface area contributed by atoms with Crippen molar-refractivity contribution < 1.29 is 69.4 Å². The van der Waals surface area contributed by atoms with Crippen molar-refractivity contribution >= 4 is 20.8 Å². The van der Waals surface area contributed by atoms with Crippen LogP contribution in [0.15, 0.2) is 10.7 Å². The molecule has 14 nitrogen and oxygen atoms in total. The van der Waals surface area contributed by atoms with Gasteiger partial charge in [0, 0.05) is 21.1 Å². The minimum absolute atomic E-state index is 0. The Hall–Kier alpha value is -0.772. The van der Waals surface area contributed by atoms with Crippen LogP contribution in [-0.2, 0) is 41.9 Å². The quantitative estimate of drug-likeness (QED) is 0.140. The van der Waals surface area contributed by atoms with Crippen LogP contribution in [0.5, 0.6) is 0 Å². The maximum absolute atomic E-state index is 8.74. The Morgan fingerprint density at radius 3 is 0.706 bits per heavy atom. The first-order valence-electron chi connectivity index (χ1n) is 2.16. The van der Waals surface area contributed by atoms with Gasteiger partial charge >= 0.3 is 23.7 Å². The molecule has 0 aromatic heterocycles. The standard InChI is InChI=1S/2HNO2.2H2O4S.Pt/c2*2-1-3;2*1-5(2,3)4;/h2*(H,2,3);2*(H2,1,2,3,4);/p+2. The van der Waals surface area contributed by atoms with Crippen molar-refractivity contribution in [2.24, 2.45) is 10.7 Å². The Morgan fingerprint density at radius 2 is 0.706 bits per heavy atom. The minimum atomic E-state index is -4.67. The first-order chi connectivity index (χ1) is 6.83. The summed E-state index contributed by atoms with van der Waals surface area (Å²) >= 11 is 0. The first-order valence-corrected chi connectivity index (χ1v) is 4.96. The van der Waals surface area contributed by atoms with Crippen molar-refractivity contribution in [2.45, 2.75) is 0 Å². The van der Waals surface area contributed by atoms with Gasteiger partial charge in [0.05, 0.1) is 0 Å². The molecule has 110 valence electrons. The van der Waals surface area contributed by atoms with Crippen molar-refractivity contribution in [3.8, 4) is 0 Å². The van der Waals surface area contributed by atoms with Crippen molar-refractivity contribution in [1.82, 2.24) is 0 Å². The third kappa shape index (κ3) is 4470. The molecule has 6 N–H and O–H groups in total. The molecule has 17 heteroatoms. The van der Waals surface area contributed by atoms with E-state index >= 15 is 0 Å². The predicted molar refractivity (Wildman–Crippen MR) is 45.7 cm³/mol. The van der Waals surface area contributed by atoms with Gasteiger partial charge in [-0.1, -0.05) is 0 Å². The van der Waals surface area contributed by atoms with Gasteiger partial charge in [0.1, 0.15) is 0 Å². The van der Waals surface area contributed by atoms with Gasteiger partial charge in [-0.05, 0) is 0 Å². The maximum Gasteiger partial charge on any atom is 1.00 e. The third-order valence-electron chi connectivity index (χ3n) is 0. The summed E-state index contributed by atoms with van der Waals surface area (Å²) in [5, 5.41) is 15.8. The van der Waals surface area contributed by atoms with Gasteiger partial charge in [0.25, 0.3) is 0 Å². The summed E-state index contributed by atoms with van der Waals surface area (Å²) in [6, 6.07) is 0. The fourth-order valence-electron chi connectivity index (χ4n) is 0. The van der Waals surface area contributed by atoms with Gasteiger partial charge in [-0.3, -0.25) is 18.2 Å². The summed E-state index contributed by atoms with van der Waals surface area (Å²) in [6.45, 7) is 0. The van der Waals surface area contributed by atoms with Crippen molar-refractivity contribution in [1.29, 1.82) is 0 Å². The van der Waals surface area contributed by atoms with E-state index in [1.807, 2.05) is 0 Å². The summed E-state index contributed by atoms with van der Waals surface area (Å²) < 4.78 is 63.2. The van der Waals surface area contributed by atoms with Crippen LogP contribution >= 0.6 is 0 Å². The molecule has 0 saturated carbocycles. The van der Waals surface area contributed by atoms with E-state index in [4.69, 9.17) is 55.3 Å².